The number of carbonyl (C=O) groups is 1. The number of hydrogen-bond acceptors (Lipinski definition) is 4. The second-order valence-electron chi connectivity index (χ2n) is 6.55. The fourth-order valence-corrected chi connectivity index (χ4v) is 5.15. The van der Waals surface area contributed by atoms with Crippen LogP contribution in [0.5, 0.6) is 5.75 Å². The van der Waals surface area contributed by atoms with E-state index < -0.39 is 10.0 Å². The lowest BCUT2D eigenvalue weighted by molar-refractivity contribution is -0.118. The van der Waals surface area contributed by atoms with E-state index >= 15 is 0 Å². The van der Waals surface area contributed by atoms with Gasteiger partial charge >= 0.3 is 0 Å². The van der Waals surface area contributed by atoms with E-state index in [1.165, 1.54) is 16.4 Å². The SMILES string of the molecule is CCN(CC)S(=O)(=O)c1ccc(NC(=O)COc2ccc3ccccc3c2Br)cc1. The van der Waals surface area contributed by atoms with E-state index in [0.29, 0.717) is 24.5 Å². The standard InChI is InChI=1S/C22H23BrN2O4S/c1-3-25(4-2)30(27,28)18-12-10-17(11-13-18)24-21(26)15-29-20-14-9-16-7-5-6-8-19(16)22(20)23/h5-14H,3-4,15H2,1-2H3,(H,24,26). The van der Waals surface area contributed by atoms with Gasteiger partial charge in [0.2, 0.25) is 10.0 Å². The van der Waals surface area contributed by atoms with Crippen LogP contribution in [0.3, 0.4) is 0 Å². The van der Waals surface area contributed by atoms with Gasteiger partial charge in [-0.1, -0.05) is 44.2 Å². The van der Waals surface area contributed by atoms with Crippen LogP contribution < -0.4 is 10.1 Å². The van der Waals surface area contributed by atoms with Crippen molar-refractivity contribution in [3.63, 3.8) is 0 Å². The molecule has 0 heterocycles. The molecule has 0 aliphatic rings. The molecule has 3 aromatic carbocycles. The molecule has 30 heavy (non-hydrogen) atoms. The van der Waals surface area contributed by atoms with Gasteiger partial charge in [0, 0.05) is 18.8 Å². The summed E-state index contributed by atoms with van der Waals surface area (Å²) < 4.78 is 32.9. The first kappa shape index (κ1) is 22.3. The molecule has 0 bridgehead atoms. The predicted octanol–water partition coefficient (Wildman–Crippen LogP) is 4.65. The molecule has 0 fully saturated rings. The lowest BCUT2D eigenvalue weighted by Crippen LogP contribution is -2.30. The lowest BCUT2D eigenvalue weighted by Gasteiger charge is -2.18. The molecule has 0 aliphatic carbocycles. The van der Waals surface area contributed by atoms with Gasteiger partial charge in [0.25, 0.3) is 5.91 Å². The van der Waals surface area contributed by atoms with Crippen molar-refractivity contribution in [3.8, 4) is 5.75 Å². The first-order chi connectivity index (χ1) is 14.4. The minimum atomic E-state index is -3.52. The fourth-order valence-electron chi connectivity index (χ4n) is 3.09. The number of ether oxygens (including phenoxy) is 1. The lowest BCUT2D eigenvalue weighted by atomic mass is 10.1. The van der Waals surface area contributed by atoms with Crippen molar-refractivity contribution in [1.82, 2.24) is 4.31 Å². The summed E-state index contributed by atoms with van der Waals surface area (Å²) in [7, 11) is -3.52. The highest BCUT2D eigenvalue weighted by Crippen LogP contribution is 2.33. The van der Waals surface area contributed by atoms with Gasteiger partial charge in [0.15, 0.2) is 6.61 Å². The Morgan fingerprint density at radius 2 is 1.67 bits per heavy atom. The Bertz CT molecular complexity index is 1140. The summed E-state index contributed by atoms with van der Waals surface area (Å²) in [6.45, 7) is 4.22. The Labute approximate surface area is 185 Å². The number of anilines is 1. The van der Waals surface area contributed by atoms with Crippen molar-refractivity contribution in [3.05, 3.63) is 65.1 Å². The smallest absolute Gasteiger partial charge is 0.262 e. The number of halogens is 1. The molecule has 0 aromatic heterocycles. The van der Waals surface area contributed by atoms with E-state index in [1.54, 1.807) is 26.0 Å². The summed E-state index contributed by atoms with van der Waals surface area (Å²) >= 11 is 3.53. The molecule has 6 nitrogen and oxygen atoms in total. The maximum atomic E-state index is 12.5. The normalized spacial score (nSPS) is 11.6. The number of rotatable bonds is 8. The zero-order chi connectivity index (χ0) is 21.7. The molecule has 3 rings (SSSR count). The van der Waals surface area contributed by atoms with Crippen LogP contribution in [0.4, 0.5) is 5.69 Å². The summed E-state index contributed by atoms with van der Waals surface area (Å²) in [5, 5.41) is 4.79. The van der Waals surface area contributed by atoms with Gasteiger partial charge in [-0.3, -0.25) is 4.79 Å². The van der Waals surface area contributed by atoms with E-state index in [0.717, 1.165) is 15.2 Å². The van der Waals surface area contributed by atoms with Gasteiger partial charge in [0.05, 0.1) is 9.37 Å². The highest BCUT2D eigenvalue weighted by Gasteiger charge is 2.21. The van der Waals surface area contributed by atoms with E-state index in [4.69, 9.17) is 4.74 Å². The number of benzene rings is 3. The summed E-state index contributed by atoms with van der Waals surface area (Å²) in [5.74, 6) is 0.235. The molecule has 0 spiro atoms. The molecule has 0 aliphatic heterocycles. The van der Waals surface area contributed by atoms with Gasteiger partial charge in [-0.15, -0.1) is 0 Å². The number of fused-ring (bicyclic) bond motifs is 1. The Hall–Kier alpha value is -2.42. The van der Waals surface area contributed by atoms with Crippen molar-refractivity contribution >= 4 is 48.3 Å². The van der Waals surface area contributed by atoms with Crippen LogP contribution in [0, 0.1) is 0 Å². The number of carbonyl (C=O) groups excluding carboxylic acids is 1. The van der Waals surface area contributed by atoms with Crippen molar-refractivity contribution in [2.24, 2.45) is 0 Å². The number of sulfonamides is 1. The fraction of sp³-hybridized carbons (Fsp3) is 0.227. The average molecular weight is 491 g/mol. The third-order valence-electron chi connectivity index (χ3n) is 4.67. The Balaban J connectivity index is 1.64. The quantitative estimate of drug-likeness (QED) is 0.498. The number of nitrogens with zero attached hydrogens (tertiary/aromatic N) is 1. The predicted molar refractivity (Wildman–Crippen MR) is 122 cm³/mol. The number of hydrogen-bond donors (Lipinski definition) is 1. The topological polar surface area (TPSA) is 75.7 Å². The van der Waals surface area contributed by atoms with Crippen LogP contribution in [-0.2, 0) is 14.8 Å². The maximum Gasteiger partial charge on any atom is 0.262 e. The molecule has 0 atom stereocenters. The molecular formula is C22H23BrN2O4S. The monoisotopic (exact) mass is 490 g/mol. The van der Waals surface area contributed by atoms with Gasteiger partial charge in [-0.05, 0) is 57.0 Å². The van der Waals surface area contributed by atoms with E-state index in [1.807, 2.05) is 36.4 Å². The van der Waals surface area contributed by atoms with E-state index in [-0.39, 0.29) is 17.4 Å². The van der Waals surface area contributed by atoms with Crippen LogP contribution in [0.2, 0.25) is 0 Å². The Kier molecular flexibility index (Phi) is 7.12. The number of amides is 1. The highest BCUT2D eigenvalue weighted by atomic mass is 79.9. The molecule has 3 aromatic rings. The van der Waals surface area contributed by atoms with Gasteiger partial charge < -0.3 is 10.1 Å². The molecule has 158 valence electrons. The molecule has 0 radical (unpaired) electrons. The van der Waals surface area contributed by atoms with Gasteiger partial charge in [-0.25, -0.2) is 8.42 Å². The molecule has 0 unspecified atom stereocenters. The summed E-state index contributed by atoms with van der Waals surface area (Å²) in [4.78, 5) is 12.5. The molecule has 1 amide bonds. The Morgan fingerprint density at radius 1 is 1.00 bits per heavy atom. The van der Waals surface area contributed by atoms with Crippen LogP contribution >= 0.6 is 15.9 Å². The van der Waals surface area contributed by atoms with Crippen molar-refractivity contribution in [2.45, 2.75) is 18.7 Å². The summed E-state index contributed by atoms with van der Waals surface area (Å²) in [5.41, 5.74) is 0.500. The zero-order valence-electron chi connectivity index (χ0n) is 16.8. The molecule has 0 saturated carbocycles. The van der Waals surface area contributed by atoms with Crippen LogP contribution in [0.25, 0.3) is 10.8 Å². The molecular weight excluding hydrogens is 468 g/mol. The summed E-state index contributed by atoms with van der Waals surface area (Å²) in [6, 6.07) is 17.7. The van der Waals surface area contributed by atoms with Crippen molar-refractivity contribution in [1.29, 1.82) is 0 Å². The van der Waals surface area contributed by atoms with Crippen molar-refractivity contribution in [2.75, 3.05) is 25.0 Å². The minimum absolute atomic E-state index is 0.170. The zero-order valence-corrected chi connectivity index (χ0v) is 19.2. The molecule has 8 heteroatoms. The van der Waals surface area contributed by atoms with E-state index in [9.17, 15) is 13.2 Å². The number of nitrogens with one attached hydrogen (secondary N) is 1. The second kappa shape index (κ2) is 9.59. The Morgan fingerprint density at radius 3 is 2.33 bits per heavy atom. The minimum Gasteiger partial charge on any atom is -0.483 e. The van der Waals surface area contributed by atoms with Crippen LogP contribution in [0.1, 0.15) is 13.8 Å². The average Bonchev–Trinajstić information content (AvgIpc) is 2.74. The molecule has 1 N–H and O–H groups in total. The van der Waals surface area contributed by atoms with Crippen molar-refractivity contribution < 1.29 is 17.9 Å². The highest BCUT2D eigenvalue weighted by molar-refractivity contribution is 9.10. The first-order valence-electron chi connectivity index (χ1n) is 9.57. The largest absolute Gasteiger partial charge is 0.483 e. The van der Waals surface area contributed by atoms with Gasteiger partial charge in [0.1, 0.15) is 5.75 Å². The first-order valence-corrected chi connectivity index (χ1v) is 11.8. The van der Waals surface area contributed by atoms with Crippen LogP contribution in [-0.4, -0.2) is 38.3 Å². The van der Waals surface area contributed by atoms with E-state index in [2.05, 4.69) is 21.2 Å². The molecule has 0 saturated heterocycles. The maximum absolute atomic E-state index is 12.5. The van der Waals surface area contributed by atoms with Gasteiger partial charge in [-0.2, -0.15) is 4.31 Å². The second-order valence-corrected chi connectivity index (χ2v) is 9.28. The van der Waals surface area contributed by atoms with Crippen LogP contribution in [0.15, 0.2) is 70.0 Å². The third-order valence-corrected chi connectivity index (χ3v) is 7.55. The summed E-state index contributed by atoms with van der Waals surface area (Å²) in [6.07, 6.45) is 0. The third kappa shape index (κ3) is 4.83.